The molecule has 0 spiro atoms. The van der Waals surface area contributed by atoms with E-state index < -0.39 is 12.7 Å². The standard InChI is InChI=1S/C9H17F3N2/c1-13-4-3-8(5-13)6-14(2)7-9(10,11)12/h8H,3-7H2,1-2H3. The first kappa shape index (κ1) is 11.8. The Morgan fingerprint density at radius 3 is 2.50 bits per heavy atom. The Bertz CT molecular complexity index is 181. The molecule has 1 atom stereocenters. The van der Waals surface area contributed by atoms with Crippen LogP contribution >= 0.6 is 0 Å². The minimum absolute atomic E-state index is 0.396. The summed E-state index contributed by atoms with van der Waals surface area (Å²) in [6.07, 6.45) is -3.06. The Hall–Kier alpha value is -0.290. The average Bonchev–Trinajstić information content (AvgIpc) is 2.30. The maximum Gasteiger partial charge on any atom is 0.401 e. The van der Waals surface area contributed by atoms with Crippen molar-refractivity contribution in [3.8, 4) is 0 Å². The van der Waals surface area contributed by atoms with Crippen LogP contribution in [0.15, 0.2) is 0 Å². The minimum atomic E-state index is -4.07. The fourth-order valence-corrected chi connectivity index (χ4v) is 1.99. The third-order valence-corrected chi connectivity index (χ3v) is 2.51. The molecule has 0 aromatic carbocycles. The molecule has 2 nitrogen and oxygen atoms in total. The fourth-order valence-electron chi connectivity index (χ4n) is 1.99. The number of hydrogen-bond acceptors (Lipinski definition) is 2. The molecule has 1 heterocycles. The normalized spacial score (nSPS) is 24.9. The van der Waals surface area contributed by atoms with Gasteiger partial charge in [-0.25, -0.2) is 0 Å². The number of nitrogens with zero attached hydrogens (tertiary/aromatic N) is 2. The molecule has 14 heavy (non-hydrogen) atoms. The topological polar surface area (TPSA) is 6.48 Å². The SMILES string of the molecule is CN1CCC(CN(C)CC(F)(F)F)C1. The van der Waals surface area contributed by atoms with Gasteiger partial charge in [0, 0.05) is 13.1 Å². The maximum absolute atomic E-state index is 12.0. The van der Waals surface area contributed by atoms with Crippen LogP contribution in [0.25, 0.3) is 0 Å². The van der Waals surface area contributed by atoms with Crippen LogP contribution in [0.3, 0.4) is 0 Å². The summed E-state index contributed by atoms with van der Waals surface area (Å²) in [4.78, 5) is 3.52. The Morgan fingerprint density at radius 2 is 2.07 bits per heavy atom. The lowest BCUT2D eigenvalue weighted by atomic mass is 10.1. The highest BCUT2D eigenvalue weighted by molar-refractivity contribution is 4.75. The van der Waals surface area contributed by atoms with Gasteiger partial charge in [-0.2, -0.15) is 13.2 Å². The monoisotopic (exact) mass is 210 g/mol. The molecule has 84 valence electrons. The van der Waals surface area contributed by atoms with Crippen molar-refractivity contribution in [3.05, 3.63) is 0 Å². The van der Waals surface area contributed by atoms with Gasteiger partial charge < -0.3 is 4.90 Å². The summed E-state index contributed by atoms with van der Waals surface area (Å²) in [5, 5.41) is 0. The molecule has 0 N–H and O–H groups in total. The summed E-state index contributed by atoms with van der Waals surface area (Å²) >= 11 is 0. The number of rotatable bonds is 3. The summed E-state index contributed by atoms with van der Waals surface area (Å²) in [5.74, 6) is 0.396. The molecule has 0 aromatic rings. The van der Waals surface area contributed by atoms with E-state index in [1.165, 1.54) is 11.9 Å². The van der Waals surface area contributed by atoms with Gasteiger partial charge in [-0.1, -0.05) is 0 Å². The van der Waals surface area contributed by atoms with Crippen molar-refractivity contribution < 1.29 is 13.2 Å². The molecular formula is C9H17F3N2. The lowest BCUT2D eigenvalue weighted by Gasteiger charge is -2.21. The van der Waals surface area contributed by atoms with Crippen LogP contribution in [0.5, 0.6) is 0 Å². The van der Waals surface area contributed by atoms with E-state index in [0.717, 1.165) is 19.5 Å². The van der Waals surface area contributed by atoms with Crippen LogP contribution in [0, 0.1) is 5.92 Å². The van der Waals surface area contributed by atoms with Crippen molar-refractivity contribution in [2.45, 2.75) is 12.6 Å². The van der Waals surface area contributed by atoms with E-state index >= 15 is 0 Å². The van der Waals surface area contributed by atoms with Crippen LogP contribution < -0.4 is 0 Å². The Kier molecular flexibility index (Phi) is 3.78. The fraction of sp³-hybridized carbons (Fsp3) is 1.00. The van der Waals surface area contributed by atoms with Crippen LogP contribution in [0.1, 0.15) is 6.42 Å². The average molecular weight is 210 g/mol. The molecule has 0 amide bonds. The highest BCUT2D eigenvalue weighted by Gasteiger charge is 2.30. The van der Waals surface area contributed by atoms with E-state index in [1.54, 1.807) is 0 Å². The second-order valence-electron chi connectivity index (χ2n) is 4.23. The molecule has 0 aromatic heterocycles. The molecule has 1 unspecified atom stereocenters. The summed E-state index contributed by atoms with van der Waals surface area (Å²) in [6.45, 7) is 1.67. The van der Waals surface area contributed by atoms with Gasteiger partial charge in [0.05, 0.1) is 6.54 Å². The Labute approximate surface area is 82.7 Å². The highest BCUT2D eigenvalue weighted by Crippen LogP contribution is 2.19. The van der Waals surface area contributed by atoms with E-state index in [9.17, 15) is 13.2 Å². The molecule has 1 saturated heterocycles. The first-order valence-corrected chi connectivity index (χ1v) is 4.80. The van der Waals surface area contributed by atoms with Crippen LogP contribution in [0.4, 0.5) is 13.2 Å². The Morgan fingerprint density at radius 1 is 1.43 bits per heavy atom. The van der Waals surface area contributed by atoms with Gasteiger partial charge in [-0.3, -0.25) is 4.90 Å². The third-order valence-electron chi connectivity index (χ3n) is 2.51. The smallest absolute Gasteiger partial charge is 0.306 e. The van der Waals surface area contributed by atoms with Gasteiger partial charge >= 0.3 is 6.18 Å². The third kappa shape index (κ3) is 4.28. The van der Waals surface area contributed by atoms with Crippen LogP contribution in [-0.2, 0) is 0 Å². The van der Waals surface area contributed by atoms with E-state index in [-0.39, 0.29) is 0 Å². The predicted octanol–water partition coefficient (Wildman–Crippen LogP) is 1.43. The molecule has 1 aliphatic rings. The van der Waals surface area contributed by atoms with E-state index in [2.05, 4.69) is 4.90 Å². The molecular weight excluding hydrogens is 193 g/mol. The number of likely N-dealkylation sites (tertiary alicyclic amines) is 1. The van der Waals surface area contributed by atoms with E-state index in [0.29, 0.717) is 12.5 Å². The number of alkyl halides is 3. The maximum atomic E-state index is 12.0. The van der Waals surface area contributed by atoms with Crippen molar-refractivity contribution in [2.24, 2.45) is 5.92 Å². The zero-order valence-corrected chi connectivity index (χ0v) is 8.64. The van der Waals surface area contributed by atoms with Crippen molar-refractivity contribution in [1.82, 2.24) is 9.80 Å². The first-order chi connectivity index (χ1) is 6.37. The van der Waals surface area contributed by atoms with E-state index in [1.807, 2.05) is 7.05 Å². The van der Waals surface area contributed by atoms with Crippen molar-refractivity contribution in [2.75, 3.05) is 40.3 Å². The minimum Gasteiger partial charge on any atom is -0.306 e. The molecule has 1 fully saturated rings. The van der Waals surface area contributed by atoms with Crippen molar-refractivity contribution >= 4 is 0 Å². The summed E-state index contributed by atoms with van der Waals surface area (Å²) in [5.41, 5.74) is 0. The van der Waals surface area contributed by atoms with Gasteiger partial charge in [0.2, 0.25) is 0 Å². The lowest BCUT2D eigenvalue weighted by Crippen LogP contribution is -2.35. The van der Waals surface area contributed by atoms with Gasteiger partial charge in [0.1, 0.15) is 0 Å². The largest absolute Gasteiger partial charge is 0.401 e. The second kappa shape index (κ2) is 4.49. The molecule has 5 heteroatoms. The lowest BCUT2D eigenvalue weighted by molar-refractivity contribution is -0.143. The summed E-state index contributed by atoms with van der Waals surface area (Å²) in [6, 6.07) is 0. The van der Waals surface area contributed by atoms with Gasteiger partial charge in [-0.15, -0.1) is 0 Å². The molecule has 0 radical (unpaired) electrons. The van der Waals surface area contributed by atoms with Crippen molar-refractivity contribution in [1.29, 1.82) is 0 Å². The zero-order chi connectivity index (χ0) is 10.8. The number of hydrogen-bond donors (Lipinski definition) is 0. The van der Waals surface area contributed by atoms with Gasteiger partial charge in [-0.05, 0) is 33.0 Å². The van der Waals surface area contributed by atoms with Crippen LogP contribution in [0.2, 0.25) is 0 Å². The molecule has 0 saturated carbocycles. The number of halogens is 3. The summed E-state index contributed by atoms with van der Waals surface area (Å²) < 4.78 is 36.0. The zero-order valence-electron chi connectivity index (χ0n) is 8.64. The molecule has 0 aliphatic carbocycles. The molecule has 1 rings (SSSR count). The quantitative estimate of drug-likeness (QED) is 0.695. The molecule has 1 aliphatic heterocycles. The van der Waals surface area contributed by atoms with Gasteiger partial charge in [0.15, 0.2) is 0 Å². The highest BCUT2D eigenvalue weighted by atomic mass is 19.4. The Balaban J connectivity index is 2.24. The predicted molar refractivity (Wildman–Crippen MR) is 49.2 cm³/mol. The van der Waals surface area contributed by atoms with Gasteiger partial charge in [0.25, 0.3) is 0 Å². The second-order valence-corrected chi connectivity index (χ2v) is 4.23. The van der Waals surface area contributed by atoms with Crippen LogP contribution in [-0.4, -0.2) is 56.3 Å². The molecule has 0 bridgehead atoms. The van der Waals surface area contributed by atoms with E-state index in [4.69, 9.17) is 0 Å². The summed E-state index contributed by atoms with van der Waals surface area (Å²) in [7, 11) is 3.54. The first-order valence-electron chi connectivity index (χ1n) is 4.80. The van der Waals surface area contributed by atoms with Crippen molar-refractivity contribution in [3.63, 3.8) is 0 Å².